The summed E-state index contributed by atoms with van der Waals surface area (Å²) in [6.07, 6.45) is 7.87. The zero-order valence-corrected chi connectivity index (χ0v) is 18.4. The Labute approximate surface area is 193 Å². The average molecular weight is 447 g/mol. The molecule has 1 aliphatic heterocycles. The summed E-state index contributed by atoms with van der Waals surface area (Å²) in [5.74, 6) is 0.806. The predicted octanol–water partition coefficient (Wildman–Crippen LogP) is 5.41. The van der Waals surface area contributed by atoms with E-state index in [1.165, 1.54) is 23.4 Å². The highest BCUT2D eigenvalue weighted by Gasteiger charge is 2.26. The number of fused-ring (bicyclic) bond motifs is 1. The highest BCUT2D eigenvalue weighted by molar-refractivity contribution is 5.94. The highest BCUT2D eigenvalue weighted by atomic mass is 19.1. The van der Waals surface area contributed by atoms with Crippen LogP contribution in [0.3, 0.4) is 0 Å². The van der Waals surface area contributed by atoms with Gasteiger partial charge in [-0.25, -0.2) is 4.39 Å². The maximum Gasteiger partial charge on any atom is 0.254 e. The van der Waals surface area contributed by atoms with Gasteiger partial charge in [-0.3, -0.25) is 9.78 Å². The van der Waals surface area contributed by atoms with Crippen LogP contribution in [-0.4, -0.2) is 23.0 Å². The third-order valence-corrected chi connectivity index (χ3v) is 6.48. The first kappa shape index (κ1) is 21.4. The number of pyridine rings is 1. The molecule has 1 atom stereocenters. The van der Waals surface area contributed by atoms with Crippen LogP contribution in [0.4, 0.5) is 4.39 Å². The second-order valence-electron chi connectivity index (χ2n) is 8.75. The summed E-state index contributed by atoms with van der Waals surface area (Å²) in [7, 11) is 0. The average Bonchev–Trinajstić information content (AvgIpc) is 2.86. The Bertz CT molecular complexity index is 1110. The number of halogens is 1. The number of nitrogens with one attached hydrogen (secondary N) is 1. The van der Waals surface area contributed by atoms with Gasteiger partial charge in [0.1, 0.15) is 17.6 Å². The molecule has 170 valence electrons. The number of benzene rings is 2. The van der Waals surface area contributed by atoms with Gasteiger partial charge in [0, 0.05) is 12.2 Å². The molecule has 0 radical (unpaired) electrons. The molecule has 0 bridgehead atoms. The highest BCUT2D eigenvalue weighted by Crippen LogP contribution is 2.37. The van der Waals surface area contributed by atoms with E-state index in [0.717, 1.165) is 56.2 Å². The Morgan fingerprint density at radius 2 is 1.85 bits per heavy atom. The van der Waals surface area contributed by atoms with Crippen molar-refractivity contribution in [1.29, 1.82) is 0 Å². The van der Waals surface area contributed by atoms with Crippen molar-refractivity contribution in [3.05, 3.63) is 89.5 Å². The van der Waals surface area contributed by atoms with Crippen molar-refractivity contribution >= 4 is 5.91 Å². The van der Waals surface area contributed by atoms with E-state index >= 15 is 0 Å². The summed E-state index contributed by atoms with van der Waals surface area (Å²) in [6, 6.07) is 17.8. The van der Waals surface area contributed by atoms with Crippen molar-refractivity contribution in [1.82, 2.24) is 10.3 Å². The fourth-order valence-corrected chi connectivity index (χ4v) is 4.68. The number of hydrogen-bond acceptors (Lipinski definition) is 4. The molecule has 5 nitrogen and oxygen atoms in total. The van der Waals surface area contributed by atoms with Gasteiger partial charge in [-0.15, -0.1) is 0 Å². The lowest BCUT2D eigenvalue weighted by molar-refractivity contribution is 0.0889. The number of hydrogen-bond donors (Lipinski definition) is 1. The molecule has 2 aliphatic rings. The van der Waals surface area contributed by atoms with Gasteiger partial charge in [-0.05, 0) is 73.9 Å². The predicted molar refractivity (Wildman–Crippen MR) is 123 cm³/mol. The van der Waals surface area contributed by atoms with Crippen LogP contribution in [0, 0.1) is 5.82 Å². The fraction of sp³-hybridized carbons (Fsp3) is 0.333. The quantitative estimate of drug-likeness (QED) is 0.570. The number of ether oxygens (including phenoxy) is 2. The van der Waals surface area contributed by atoms with Crippen LogP contribution in [0.2, 0.25) is 0 Å². The van der Waals surface area contributed by atoms with Gasteiger partial charge in [-0.1, -0.05) is 30.3 Å². The molecular formula is C27H27FN2O3. The minimum atomic E-state index is -0.599. The van der Waals surface area contributed by atoms with E-state index in [0.29, 0.717) is 0 Å². The SMILES string of the molecule is O=C(NC1CCC(Oc2ccc3c(c2)CCC(c2ccccc2)O3)CC1)c1ccncc1F. The summed E-state index contributed by atoms with van der Waals surface area (Å²) in [4.78, 5) is 16.0. The van der Waals surface area contributed by atoms with E-state index in [2.05, 4.69) is 28.5 Å². The van der Waals surface area contributed by atoms with Gasteiger partial charge >= 0.3 is 0 Å². The van der Waals surface area contributed by atoms with Crippen LogP contribution in [0.15, 0.2) is 67.0 Å². The van der Waals surface area contributed by atoms with E-state index in [1.54, 1.807) is 0 Å². The monoisotopic (exact) mass is 446 g/mol. The number of carbonyl (C=O) groups is 1. The molecule has 3 aromatic rings. The number of nitrogens with zero attached hydrogens (tertiary/aromatic N) is 1. The summed E-state index contributed by atoms with van der Waals surface area (Å²) < 4.78 is 26.3. The molecule has 1 N–H and O–H groups in total. The topological polar surface area (TPSA) is 60.5 Å². The Hall–Kier alpha value is -3.41. The summed E-state index contributed by atoms with van der Waals surface area (Å²) in [5.41, 5.74) is 2.42. The molecule has 33 heavy (non-hydrogen) atoms. The van der Waals surface area contributed by atoms with Crippen LogP contribution >= 0.6 is 0 Å². The molecule has 1 fully saturated rings. The molecule has 1 saturated carbocycles. The molecule has 5 rings (SSSR count). The maximum absolute atomic E-state index is 13.8. The van der Waals surface area contributed by atoms with Gasteiger partial charge < -0.3 is 14.8 Å². The Kier molecular flexibility index (Phi) is 6.24. The molecular weight excluding hydrogens is 419 g/mol. The molecule has 1 amide bonds. The van der Waals surface area contributed by atoms with Crippen LogP contribution in [0.1, 0.15) is 59.7 Å². The standard InChI is InChI=1S/C27H27FN2O3/c28-24-17-29-15-14-23(24)27(31)30-20-7-9-21(10-8-20)32-22-11-13-26-19(16-22)6-12-25(33-26)18-4-2-1-3-5-18/h1-5,11,13-17,20-21,25H,6-10,12H2,(H,30,31). The molecule has 1 aromatic heterocycles. The van der Waals surface area contributed by atoms with Crippen molar-refractivity contribution in [3.8, 4) is 11.5 Å². The number of aromatic nitrogens is 1. The van der Waals surface area contributed by atoms with Crippen LogP contribution in [0.25, 0.3) is 0 Å². The number of rotatable bonds is 5. The van der Waals surface area contributed by atoms with E-state index in [1.807, 2.05) is 30.3 Å². The maximum atomic E-state index is 13.8. The van der Waals surface area contributed by atoms with E-state index in [-0.39, 0.29) is 29.7 Å². The second-order valence-corrected chi connectivity index (χ2v) is 8.75. The van der Waals surface area contributed by atoms with Crippen molar-refractivity contribution < 1.29 is 18.7 Å². The number of amides is 1. The lowest BCUT2D eigenvalue weighted by atomic mass is 9.92. The van der Waals surface area contributed by atoms with Crippen molar-refractivity contribution in [2.45, 2.75) is 56.8 Å². The van der Waals surface area contributed by atoms with Gasteiger partial charge in [0.25, 0.3) is 5.91 Å². The van der Waals surface area contributed by atoms with Gasteiger partial charge in [0.05, 0.1) is 17.9 Å². The Balaban J connectivity index is 1.13. The smallest absolute Gasteiger partial charge is 0.254 e. The molecule has 0 saturated heterocycles. The normalized spacial score (nSPS) is 22.0. The van der Waals surface area contributed by atoms with E-state index < -0.39 is 5.82 Å². The molecule has 1 aliphatic carbocycles. The van der Waals surface area contributed by atoms with Crippen LogP contribution in [0.5, 0.6) is 11.5 Å². The summed E-state index contributed by atoms with van der Waals surface area (Å²) in [5, 5.41) is 2.94. The van der Waals surface area contributed by atoms with Gasteiger partial charge in [-0.2, -0.15) is 0 Å². The Morgan fingerprint density at radius 1 is 1.03 bits per heavy atom. The fourth-order valence-electron chi connectivity index (χ4n) is 4.68. The molecule has 0 spiro atoms. The summed E-state index contributed by atoms with van der Waals surface area (Å²) >= 11 is 0. The summed E-state index contributed by atoms with van der Waals surface area (Å²) in [6.45, 7) is 0. The minimum Gasteiger partial charge on any atom is -0.490 e. The van der Waals surface area contributed by atoms with Gasteiger partial charge in [0.2, 0.25) is 0 Å². The van der Waals surface area contributed by atoms with Crippen molar-refractivity contribution in [3.63, 3.8) is 0 Å². The van der Waals surface area contributed by atoms with Gasteiger partial charge in [0.15, 0.2) is 5.82 Å². The molecule has 1 unspecified atom stereocenters. The first-order valence-corrected chi connectivity index (χ1v) is 11.6. The zero-order valence-electron chi connectivity index (χ0n) is 18.4. The third kappa shape index (κ3) is 5.00. The van der Waals surface area contributed by atoms with Crippen LogP contribution < -0.4 is 14.8 Å². The molecule has 2 heterocycles. The number of aryl methyl sites for hydroxylation is 1. The Morgan fingerprint density at radius 3 is 2.64 bits per heavy atom. The molecule has 6 heteroatoms. The van der Waals surface area contributed by atoms with E-state index in [9.17, 15) is 9.18 Å². The van der Waals surface area contributed by atoms with Crippen LogP contribution in [-0.2, 0) is 6.42 Å². The first-order valence-electron chi connectivity index (χ1n) is 11.6. The third-order valence-electron chi connectivity index (χ3n) is 6.48. The molecule has 2 aromatic carbocycles. The van der Waals surface area contributed by atoms with Crippen molar-refractivity contribution in [2.24, 2.45) is 0 Å². The lowest BCUT2D eigenvalue weighted by Gasteiger charge is -2.30. The minimum absolute atomic E-state index is 0.0248. The van der Waals surface area contributed by atoms with E-state index in [4.69, 9.17) is 9.47 Å². The largest absolute Gasteiger partial charge is 0.490 e. The van der Waals surface area contributed by atoms with Crippen molar-refractivity contribution in [2.75, 3.05) is 0 Å². The lowest BCUT2D eigenvalue weighted by Crippen LogP contribution is -2.40. The second kappa shape index (κ2) is 9.61. The number of carbonyl (C=O) groups excluding carboxylic acids is 1. The first-order chi connectivity index (χ1) is 16.2. The zero-order chi connectivity index (χ0) is 22.6.